The van der Waals surface area contributed by atoms with Crippen molar-refractivity contribution in [1.29, 1.82) is 0 Å². The van der Waals surface area contributed by atoms with Gasteiger partial charge in [0, 0.05) is 13.0 Å². The van der Waals surface area contributed by atoms with Crippen molar-refractivity contribution < 1.29 is 37.3 Å². The van der Waals surface area contributed by atoms with Crippen LogP contribution in [0.5, 0.6) is 0 Å². The Kier molecular flexibility index (Phi) is 42.4. The van der Waals surface area contributed by atoms with E-state index in [9.17, 15) is 14.3 Å². The Morgan fingerprint density at radius 1 is 0.525 bits per heavy atom. The number of hydrogen-bond acceptors (Lipinski definition) is 7. The van der Waals surface area contributed by atoms with E-state index in [1.807, 2.05) is 21.1 Å². The summed E-state index contributed by atoms with van der Waals surface area (Å²) >= 11 is 0. The minimum absolute atomic E-state index is 0.0250. The lowest BCUT2D eigenvalue weighted by Gasteiger charge is -2.28. The first-order valence-corrected chi connectivity index (χ1v) is 26.2. The third-order valence-corrected chi connectivity index (χ3v) is 11.7. The zero-order valence-electron chi connectivity index (χ0n) is 39.5. The summed E-state index contributed by atoms with van der Waals surface area (Å²) in [6, 6.07) is 0. The molecule has 348 valence electrons. The summed E-state index contributed by atoms with van der Waals surface area (Å²) in [6.45, 7) is 5.39. The molecular formula is C50H96NO7P. The van der Waals surface area contributed by atoms with E-state index in [1.165, 1.54) is 148 Å². The Hall–Kier alpha value is -1.28. The van der Waals surface area contributed by atoms with E-state index in [1.54, 1.807) is 0 Å². The molecule has 0 aliphatic carbocycles. The lowest BCUT2D eigenvalue weighted by Crippen LogP contribution is -2.37. The molecule has 0 spiro atoms. The predicted molar refractivity (Wildman–Crippen MR) is 250 cm³/mol. The van der Waals surface area contributed by atoms with E-state index in [4.69, 9.17) is 18.5 Å². The van der Waals surface area contributed by atoms with Crippen molar-refractivity contribution in [2.24, 2.45) is 0 Å². The number of likely N-dealkylation sites (N-methyl/N-ethyl adjacent to an activating group) is 1. The van der Waals surface area contributed by atoms with Gasteiger partial charge in [0.2, 0.25) is 0 Å². The molecule has 0 amide bonds. The number of carbonyl (C=O) groups excluding carboxylic acids is 1. The SMILES string of the molecule is CCCCC/C=C\C/C=C\C/C=C\CCCCCCCCCOCC(COP(=O)([O-])OCC[N+](C)(C)C)OC(=O)CCCCCCCCCCCCCCCCCCC. The van der Waals surface area contributed by atoms with Crippen LogP contribution in [0.1, 0.15) is 219 Å². The molecule has 8 nitrogen and oxygen atoms in total. The number of hydrogen-bond donors (Lipinski definition) is 0. The molecule has 0 aromatic rings. The zero-order chi connectivity index (χ0) is 43.4. The van der Waals surface area contributed by atoms with Crippen LogP contribution in [-0.4, -0.2) is 70.7 Å². The van der Waals surface area contributed by atoms with Crippen molar-refractivity contribution in [3.8, 4) is 0 Å². The maximum absolute atomic E-state index is 12.7. The van der Waals surface area contributed by atoms with Gasteiger partial charge in [0.05, 0.1) is 34.4 Å². The number of carbonyl (C=O) groups is 1. The summed E-state index contributed by atoms with van der Waals surface area (Å²) in [7, 11) is 1.36. The minimum Gasteiger partial charge on any atom is -0.756 e. The number of phosphoric ester groups is 1. The zero-order valence-corrected chi connectivity index (χ0v) is 40.4. The quantitative estimate of drug-likeness (QED) is 0.0198. The average Bonchev–Trinajstić information content (AvgIpc) is 3.19. The summed E-state index contributed by atoms with van der Waals surface area (Å²) in [4.78, 5) is 25.1. The molecule has 59 heavy (non-hydrogen) atoms. The first-order valence-electron chi connectivity index (χ1n) is 24.7. The smallest absolute Gasteiger partial charge is 0.306 e. The molecule has 2 unspecified atom stereocenters. The van der Waals surface area contributed by atoms with E-state index in [-0.39, 0.29) is 25.8 Å². The highest BCUT2D eigenvalue weighted by molar-refractivity contribution is 7.45. The number of phosphoric acid groups is 1. The van der Waals surface area contributed by atoms with Crippen molar-refractivity contribution in [1.82, 2.24) is 0 Å². The Labute approximate surface area is 365 Å². The maximum atomic E-state index is 12.7. The molecule has 0 rings (SSSR count). The first kappa shape index (κ1) is 57.7. The molecule has 0 radical (unpaired) electrons. The molecule has 0 aliphatic heterocycles. The number of quaternary nitrogens is 1. The van der Waals surface area contributed by atoms with E-state index in [2.05, 4.69) is 50.3 Å². The minimum atomic E-state index is -4.53. The van der Waals surface area contributed by atoms with Crippen LogP contribution in [0.15, 0.2) is 36.5 Å². The second-order valence-corrected chi connectivity index (χ2v) is 19.2. The molecule has 0 bridgehead atoms. The van der Waals surface area contributed by atoms with Gasteiger partial charge in [0.1, 0.15) is 19.3 Å². The number of ether oxygens (including phenoxy) is 2. The first-order chi connectivity index (χ1) is 28.6. The predicted octanol–water partition coefficient (Wildman–Crippen LogP) is 14.3. The van der Waals surface area contributed by atoms with E-state index < -0.39 is 13.9 Å². The molecule has 0 saturated heterocycles. The highest BCUT2D eigenvalue weighted by Crippen LogP contribution is 2.38. The number of nitrogens with zero attached hydrogens (tertiary/aromatic N) is 1. The molecule has 0 heterocycles. The molecule has 9 heteroatoms. The second kappa shape index (κ2) is 43.4. The van der Waals surface area contributed by atoms with Crippen LogP contribution < -0.4 is 4.89 Å². The molecule has 0 fully saturated rings. The van der Waals surface area contributed by atoms with Gasteiger partial charge in [-0.05, 0) is 51.4 Å². The van der Waals surface area contributed by atoms with Crippen molar-refractivity contribution >= 4 is 13.8 Å². The van der Waals surface area contributed by atoms with Gasteiger partial charge >= 0.3 is 5.97 Å². The van der Waals surface area contributed by atoms with Crippen molar-refractivity contribution in [3.05, 3.63) is 36.5 Å². The summed E-state index contributed by atoms with van der Waals surface area (Å²) in [5.41, 5.74) is 0. The van der Waals surface area contributed by atoms with Crippen LogP contribution in [0.25, 0.3) is 0 Å². The molecule has 2 atom stereocenters. The largest absolute Gasteiger partial charge is 0.756 e. The van der Waals surface area contributed by atoms with Gasteiger partial charge in [-0.1, -0.05) is 198 Å². The van der Waals surface area contributed by atoms with Crippen LogP contribution in [0.2, 0.25) is 0 Å². The van der Waals surface area contributed by atoms with Gasteiger partial charge in [-0.2, -0.15) is 0 Å². The van der Waals surface area contributed by atoms with Crippen LogP contribution in [0, 0.1) is 0 Å². The number of esters is 1. The van der Waals surface area contributed by atoms with Gasteiger partial charge in [0.15, 0.2) is 0 Å². The summed E-state index contributed by atoms with van der Waals surface area (Å²) in [5.74, 6) is -0.335. The van der Waals surface area contributed by atoms with Gasteiger partial charge in [-0.15, -0.1) is 0 Å². The fourth-order valence-electron chi connectivity index (χ4n) is 6.85. The van der Waals surface area contributed by atoms with Gasteiger partial charge in [-0.3, -0.25) is 9.36 Å². The summed E-state index contributed by atoms with van der Waals surface area (Å²) < 4.78 is 34.7. The topological polar surface area (TPSA) is 94.1 Å². The van der Waals surface area contributed by atoms with Crippen LogP contribution in [0.4, 0.5) is 0 Å². The Bertz CT molecular complexity index is 1040. The number of rotatable bonds is 46. The van der Waals surface area contributed by atoms with Crippen molar-refractivity contribution in [3.63, 3.8) is 0 Å². The van der Waals surface area contributed by atoms with Gasteiger partial charge in [0.25, 0.3) is 7.82 Å². The summed E-state index contributed by atoms with van der Waals surface area (Å²) in [5, 5.41) is 0. The highest BCUT2D eigenvalue weighted by atomic mass is 31.2. The number of unbranched alkanes of at least 4 members (excludes halogenated alkanes) is 26. The monoisotopic (exact) mass is 854 g/mol. The van der Waals surface area contributed by atoms with Crippen LogP contribution in [0.3, 0.4) is 0 Å². The molecular weight excluding hydrogens is 758 g/mol. The normalized spacial score (nSPS) is 13.9. The van der Waals surface area contributed by atoms with E-state index >= 15 is 0 Å². The third-order valence-electron chi connectivity index (χ3n) is 10.7. The van der Waals surface area contributed by atoms with Crippen molar-refractivity contribution in [2.75, 3.05) is 54.1 Å². The third kappa shape index (κ3) is 47.6. The molecule has 0 aromatic heterocycles. The summed E-state index contributed by atoms with van der Waals surface area (Å²) in [6.07, 6.45) is 51.6. The molecule has 0 saturated carbocycles. The second-order valence-electron chi connectivity index (χ2n) is 17.8. The van der Waals surface area contributed by atoms with Crippen LogP contribution in [-0.2, 0) is 27.9 Å². The number of allylic oxidation sites excluding steroid dienone is 6. The Morgan fingerprint density at radius 3 is 1.42 bits per heavy atom. The Morgan fingerprint density at radius 2 is 0.932 bits per heavy atom. The lowest BCUT2D eigenvalue weighted by atomic mass is 10.0. The average molecular weight is 854 g/mol. The molecule has 0 aliphatic rings. The van der Waals surface area contributed by atoms with E-state index in [0.29, 0.717) is 24.1 Å². The van der Waals surface area contributed by atoms with Gasteiger partial charge < -0.3 is 27.9 Å². The fraction of sp³-hybridized carbons (Fsp3) is 0.860. The fourth-order valence-corrected chi connectivity index (χ4v) is 7.58. The highest BCUT2D eigenvalue weighted by Gasteiger charge is 2.20. The van der Waals surface area contributed by atoms with Gasteiger partial charge in [-0.25, -0.2) is 0 Å². The maximum Gasteiger partial charge on any atom is 0.306 e. The lowest BCUT2D eigenvalue weighted by molar-refractivity contribution is -0.870. The molecule has 0 N–H and O–H groups in total. The van der Waals surface area contributed by atoms with E-state index in [0.717, 1.165) is 51.4 Å². The Balaban J connectivity index is 4.17. The van der Waals surface area contributed by atoms with Crippen molar-refractivity contribution in [2.45, 2.75) is 225 Å². The van der Waals surface area contributed by atoms with Crippen LogP contribution >= 0.6 is 7.82 Å². The standard InChI is InChI=1S/C50H96NO7P/c1-6-8-10-12-14-16-18-20-22-24-25-26-28-30-32-34-36-38-40-42-45-55-47-49(48-57-59(53,54)56-46-44-51(3,4)5)58-50(52)43-41-39-37-35-33-31-29-27-23-21-19-17-15-13-11-9-7-2/h14,16,20,22,25-26,49H,6-13,15,17-19,21,23-24,27-48H2,1-5H3/b16-14-,22-20-,26-25-. The molecule has 0 aromatic carbocycles.